The summed E-state index contributed by atoms with van der Waals surface area (Å²) in [5.41, 5.74) is 7.49. The number of benzene rings is 1. The van der Waals surface area contributed by atoms with Crippen LogP contribution in [0.5, 0.6) is 0 Å². The van der Waals surface area contributed by atoms with Crippen molar-refractivity contribution in [2.24, 2.45) is 5.73 Å². The predicted octanol–water partition coefficient (Wildman–Crippen LogP) is 0.726. The Morgan fingerprint density at radius 1 is 1.41 bits per heavy atom. The summed E-state index contributed by atoms with van der Waals surface area (Å²) >= 11 is 0. The summed E-state index contributed by atoms with van der Waals surface area (Å²) in [6, 6.07) is 8.63. The van der Waals surface area contributed by atoms with E-state index in [1.54, 1.807) is 12.5 Å². The van der Waals surface area contributed by atoms with Crippen molar-refractivity contribution in [1.29, 1.82) is 0 Å². The van der Waals surface area contributed by atoms with Gasteiger partial charge < -0.3 is 16.0 Å². The molecule has 0 spiro atoms. The summed E-state index contributed by atoms with van der Waals surface area (Å²) in [7, 11) is 0. The molecule has 1 amide bonds. The fraction of sp³-hybridized carbons (Fsp3) is 0.167. The minimum atomic E-state index is -0.640. The van der Waals surface area contributed by atoms with E-state index in [1.165, 1.54) is 0 Å². The van der Waals surface area contributed by atoms with Gasteiger partial charge in [0.2, 0.25) is 5.91 Å². The normalized spacial score (nSPS) is 12.1. The number of aromatic nitrogens is 2. The van der Waals surface area contributed by atoms with Crippen molar-refractivity contribution in [3.63, 3.8) is 0 Å². The Hall–Kier alpha value is -2.14. The van der Waals surface area contributed by atoms with Gasteiger partial charge in [-0.1, -0.05) is 30.3 Å². The number of rotatable bonds is 4. The molecule has 0 aliphatic heterocycles. The van der Waals surface area contributed by atoms with Crippen molar-refractivity contribution in [3.05, 3.63) is 54.1 Å². The van der Waals surface area contributed by atoms with E-state index in [0.29, 0.717) is 6.54 Å². The van der Waals surface area contributed by atoms with E-state index in [4.69, 9.17) is 5.73 Å². The molecular formula is C12H14N4O. The third kappa shape index (κ3) is 2.92. The van der Waals surface area contributed by atoms with Crippen LogP contribution in [0.2, 0.25) is 0 Å². The zero-order chi connectivity index (χ0) is 12.1. The first kappa shape index (κ1) is 11.3. The highest BCUT2D eigenvalue weighted by atomic mass is 16.2. The SMILES string of the molecule is NC(C(=O)NCc1cnc[nH]1)c1ccccc1. The number of imidazole rings is 1. The van der Waals surface area contributed by atoms with Crippen LogP contribution in [-0.2, 0) is 11.3 Å². The second kappa shape index (κ2) is 5.27. The van der Waals surface area contributed by atoms with Crippen LogP contribution in [0.15, 0.2) is 42.9 Å². The van der Waals surface area contributed by atoms with Crippen molar-refractivity contribution in [2.45, 2.75) is 12.6 Å². The Bertz CT molecular complexity index is 467. The van der Waals surface area contributed by atoms with E-state index in [-0.39, 0.29) is 5.91 Å². The van der Waals surface area contributed by atoms with E-state index >= 15 is 0 Å². The van der Waals surface area contributed by atoms with Crippen LogP contribution in [-0.4, -0.2) is 15.9 Å². The van der Waals surface area contributed by atoms with Crippen molar-refractivity contribution in [2.75, 3.05) is 0 Å². The highest BCUT2D eigenvalue weighted by Crippen LogP contribution is 2.09. The summed E-state index contributed by atoms with van der Waals surface area (Å²) in [6.45, 7) is 0.402. The van der Waals surface area contributed by atoms with E-state index in [1.807, 2.05) is 30.3 Å². The van der Waals surface area contributed by atoms with Gasteiger partial charge in [-0.2, -0.15) is 0 Å². The maximum absolute atomic E-state index is 11.8. The molecule has 1 unspecified atom stereocenters. The molecule has 17 heavy (non-hydrogen) atoms. The number of nitrogens with one attached hydrogen (secondary N) is 2. The van der Waals surface area contributed by atoms with Gasteiger partial charge in [0.1, 0.15) is 6.04 Å². The van der Waals surface area contributed by atoms with E-state index in [9.17, 15) is 4.79 Å². The lowest BCUT2D eigenvalue weighted by atomic mass is 10.1. The number of nitrogens with two attached hydrogens (primary N) is 1. The third-order valence-electron chi connectivity index (χ3n) is 2.45. The molecule has 0 fully saturated rings. The average molecular weight is 230 g/mol. The monoisotopic (exact) mass is 230 g/mol. The van der Waals surface area contributed by atoms with Gasteiger partial charge in [-0.15, -0.1) is 0 Å². The van der Waals surface area contributed by atoms with Crippen molar-refractivity contribution in [3.8, 4) is 0 Å². The molecule has 2 rings (SSSR count). The highest BCUT2D eigenvalue weighted by molar-refractivity contribution is 5.82. The van der Waals surface area contributed by atoms with Gasteiger partial charge in [-0.05, 0) is 5.56 Å². The van der Waals surface area contributed by atoms with E-state index in [0.717, 1.165) is 11.3 Å². The van der Waals surface area contributed by atoms with Crippen molar-refractivity contribution in [1.82, 2.24) is 15.3 Å². The lowest BCUT2D eigenvalue weighted by Gasteiger charge is -2.11. The summed E-state index contributed by atoms with van der Waals surface area (Å²) in [6.07, 6.45) is 3.23. The topological polar surface area (TPSA) is 83.8 Å². The summed E-state index contributed by atoms with van der Waals surface area (Å²) < 4.78 is 0. The summed E-state index contributed by atoms with van der Waals surface area (Å²) in [4.78, 5) is 18.5. The molecule has 0 bridgehead atoms. The predicted molar refractivity (Wildman–Crippen MR) is 63.8 cm³/mol. The lowest BCUT2D eigenvalue weighted by molar-refractivity contribution is -0.122. The van der Waals surface area contributed by atoms with E-state index < -0.39 is 6.04 Å². The standard InChI is InChI=1S/C12H14N4O/c13-11(9-4-2-1-3-5-9)12(17)15-7-10-6-14-8-16-10/h1-6,8,11H,7,13H2,(H,14,16)(H,15,17). The van der Waals surface area contributed by atoms with Gasteiger partial charge in [0.05, 0.1) is 18.6 Å². The average Bonchev–Trinajstić information content (AvgIpc) is 2.89. The maximum atomic E-state index is 11.8. The van der Waals surface area contributed by atoms with Gasteiger partial charge in [0.25, 0.3) is 0 Å². The second-order valence-electron chi connectivity index (χ2n) is 3.68. The molecule has 1 atom stereocenters. The molecule has 1 aromatic heterocycles. The largest absolute Gasteiger partial charge is 0.349 e. The van der Waals surface area contributed by atoms with Gasteiger partial charge in [-0.3, -0.25) is 4.79 Å². The number of H-pyrrole nitrogens is 1. The smallest absolute Gasteiger partial charge is 0.241 e. The molecule has 4 N–H and O–H groups in total. The molecule has 0 aliphatic rings. The van der Waals surface area contributed by atoms with Crippen LogP contribution in [0, 0.1) is 0 Å². The molecule has 1 aromatic carbocycles. The molecular weight excluding hydrogens is 216 g/mol. The number of hydrogen-bond acceptors (Lipinski definition) is 3. The Balaban J connectivity index is 1.92. The Labute approximate surface area is 99.1 Å². The number of carbonyl (C=O) groups is 1. The summed E-state index contributed by atoms with van der Waals surface area (Å²) in [5.74, 6) is -0.203. The van der Waals surface area contributed by atoms with Crippen LogP contribution < -0.4 is 11.1 Å². The number of carbonyl (C=O) groups excluding carboxylic acids is 1. The first-order chi connectivity index (χ1) is 8.27. The number of aromatic amines is 1. The number of amides is 1. The second-order valence-corrected chi connectivity index (χ2v) is 3.68. The zero-order valence-corrected chi connectivity index (χ0v) is 9.26. The maximum Gasteiger partial charge on any atom is 0.241 e. The third-order valence-corrected chi connectivity index (χ3v) is 2.45. The van der Waals surface area contributed by atoms with Gasteiger partial charge >= 0.3 is 0 Å². The molecule has 2 aromatic rings. The zero-order valence-electron chi connectivity index (χ0n) is 9.26. The highest BCUT2D eigenvalue weighted by Gasteiger charge is 2.14. The molecule has 1 heterocycles. The minimum Gasteiger partial charge on any atom is -0.349 e. The van der Waals surface area contributed by atoms with Crippen LogP contribution in [0.1, 0.15) is 17.3 Å². The molecule has 5 heteroatoms. The van der Waals surface area contributed by atoms with E-state index in [2.05, 4.69) is 15.3 Å². The van der Waals surface area contributed by atoms with Crippen LogP contribution in [0.3, 0.4) is 0 Å². The van der Waals surface area contributed by atoms with Crippen molar-refractivity contribution >= 4 is 5.91 Å². The molecule has 0 aliphatic carbocycles. The first-order valence-electron chi connectivity index (χ1n) is 5.33. The van der Waals surface area contributed by atoms with Crippen LogP contribution >= 0.6 is 0 Å². The molecule has 0 saturated carbocycles. The minimum absolute atomic E-state index is 0.203. The summed E-state index contributed by atoms with van der Waals surface area (Å²) in [5, 5.41) is 2.75. The van der Waals surface area contributed by atoms with Gasteiger partial charge in [0, 0.05) is 6.20 Å². The number of hydrogen-bond donors (Lipinski definition) is 3. The van der Waals surface area contributed by atoms with Crippen LogP contribution in [0.25, 0.3) is 0 Å². The fourth-order valence-electron chi connectivity index (χ4n) is 1.49. The molecule has 0 saturated heterocycles. The van der Waals surface area contributed by atoms with Gasteiger partial charge in [-0.25, -0.2) is 4.98 Å². The Morgan fingerprint density at radius 3 is 2.82 bits per heavy atom. The Kier molecular flexibility index (Phi) is 3.52. The quantitative estimate of drug-likeness (QED) is 0.723. The van der Waals surface area contributed by atoms with Gasteiger partial charge in [0.15, 0.2) is 0 Å². The fourth-order valence-corrected chi connectivity index (χ4v) is 1.49. The van der Waals surface area contributed by atoms with Crippen molar-refractivity contribution < 1.29 is 4.79 Å². The Morgan fingerprint density at radius 2 is 2.18 bits per heavy atom. The lowest BCUT2D eigenvalue weighted by Crippen LogP contribution is -2.33. The van der Waals surface area contributed by atoms with Crippen LogP contribution in [0.4, 0.5) is 0 Å². The molecule has 88 valence electrons. The number of nitrogens with zero attached hydrogens (tertiary/aromatic N) is 1. The molecule has 0 radical (unpaired) electrons. The molecule has 5 nitrogen and oxygen atoms in total. The first-order valence-corrected chi connectivity index (χ1v) is 5.33.